The number of hydrogen-bond donors (Lipinski definition) is 0. The molecule has 0 amide bonds. The molecule has 0 bridgehead atoms. The third-order valence-corrected chi connectivity index (χ3v) is 11.4. The lowest BCUT2D eigenvalue weighted by atomic mass is 10.0. The summed E-state index contributed by atoms with van der Waals surface area (Å²) in [7, 11) is 0. The van der Waals surface area contributed by atoms with E-state index in [2.05, 4.69) is 191 Å². The minimum Gasteiger partial charge on any atom is -0.309 e. The van der Waals surface area contributed by atoms with Crippen LogP contribution in [0.25, 0.3) is 110 Å². The molecule has 9 aromatic carbocycles. The standard InChI is InChI=1S/C50H30N2/c1-2-11-31(12-3-1)34-16-8-17-35(29-34)52-44-22-7-6-19-39(44)42-26-28-46-49(50(42)52)48-37-18-5-4-13-32(37)23-27-45(48)51(46)36-24-25-38-40-20-9-14-33-15-10-21-41(47(33)40)43(38)30-36/h1-30H. The van der Waals surface area contributed by atoms with E-state index in [0.29, 0.717) is 0 Å². The van der Waals surface area contributed by atoms with Crippen molar-refractivity contribution in [2.75, 3.05) is 0 Å². The van der Waals surface area contributed by atoms with Crippen LogP contribution in [0.15, 0.2) is 182 Å². The number of hydrogen-bond acceptors (Lipinski definition) is 0. The molecule has 0 saturated carbocycles. The highest BCUT2D eigenvalue weighted by Gasteiger charge is 2.25. The molecule has 2 heterocycles. The molecule has 2 aromatic heterocycles. The van der Waals surface area contributed by atoms with Gasteiger partial charge in [0.1, 0.15) is 0 Å². The van der Waals surface area contributed by atoms with Gasteiger partial charge in [0.25, 0.3) is 0 Å². The van der Waals surface area contributed by atoms with Gasteiger partial charge in [0.2, 0.25) is 0 Å². The summed E-state index contributed by atoms with van der Waals surface area (Å²) in [6.07, 6.45) is 0. The zero-order valence-electron chi connectivity index (χ0n) is 28.2. The van der Waals surface area contributed by atoms with Gasteiger partial charge in [-0.15, -0.1) is 0 Å². The predicted molar refractivity (Wildman–Crippen MR) is 220 cm³/mol. The van der Waals surface area contributed by atoms with Gasteiger partial charge in [-0.2, -0.15) is 0 Å². The average Bonchev–Trinajstić information content (AvgIpc) is 3.85. The molecule has 0 unspecified atom stereocenters. The van der Waals surface area contributed by atoms with Crippen LogP contribution in [-0.2, 0) is 0 Å². The summed E-state index contributed by atoms with van der Waals surface area (Å²) >= 11 is 0. The van der Waals surface area contributed by atoms with Gasteiger partial charge in [-0.3, -0.25) is 0 Å². The highest BCUT2D eigenvalue weighted by Crippen LogP contribution is 2.49. The minimum atomic E-state index is 1.16. The number of para-hydroxylation sites is 1. The fraction of sp³-hybridized carbons (Fsp3) is 0. The lowest BCUT2D eigenvalue weighted by Crippen LogP contribution is -1.96. The van der Waals surface area contributed by atoms with Crippen molar-refractivity contribution >= 4 is 65.2 Å². The Morgan fingerprint density at radius 2 is 0.962 bits per heavy atom. The molecule has 0 radical (unpaired) electrons. The molecule has 0 fully saturated rings. The first-order valence-corrected chi connectivity index (χ1v) is 18.0. The van der Waals surface area contributed by atoms with Crippen LogP contribution >= 0.6 is 0 Å². The van der Waals surface area contributed by atoms with Crippen molar-refractivity contribution in [3.05, 3.63) is 182 Å². The summed E-state index contributed by atoms with van der Waals surface area (Å²) < 4.78 is 5.01. The summed E-state index contributed by atoms with van der Waals surface area (Å²) in [5.41, 5.74) is 14.9. The third kappa shape index (κ3) is 3.68. The Balaban J connectivity index is 1.23. The molecule has 0 N–H and O–H groups in total. The summed E-state index contributed by atoms with van der Waals surface area (Å²) in [5.74, 6) is 0. The molecular weight excluding hydrogens is 629 g/mol. The SMILES string of the molecule is c1ccc(-c2cccc(-n3c4ccccc4c4ccc5c(c6c7ccccc7ccc6n5-c5ccc6c(c5)-c5cccc7cccc-6c57)c43)c2)cc1. The fourth-order valence-electron chi connectivity index (χ4n) is 9.24. The molecule has 0 spiro atoms. The van der Waals surface area contributed by atoms with Crippen LogP contribution in [0.2, 0.25) is 0 Å². The number of rotatable bonds is 3. The van der Waals surface area contributed by atoms with E-state index < -0.39 is 0 Å². The Hall–Kier alpha value is -6.90. The van der Waals surface area contributed by atoms with Gasteiger partial charge in [-0.1, -0.05) is 140 Å². The molecule has 1 aliphatic carbocycles. The number of fused-ring (bicyclic) bond motifs is 12. The molecule has 2 heteroatoms. The zero-order valence-corrected chi connectivity index (χ0v) is 28.2. The number of nitrogens with zero attached hydrogens (tertiary/aromatic N) is 2. The van der Waals surface area contributed by atoms with E-state index in [1.807, 2.05) is 0 Å². The van der Waals surface area contributed by atoms with Gasteiger partial charge in [-0.05, 0) is 97.4 Å². The minimum absolute atomic E-state index is 1.16. The van der Waals surface area contributed by atoms with Crippen molar-refractivity contribution in [2.45, 2.75) is 0 Å². The van der Waals surface area contributed by atoms with Crippen molar-refractivity contribution in [3.63, 3.8) is 0 Å². The van der Waals surface area contributed by atoms with E-state index >= 15 is 0 Å². The first kappa shape index (κ1) is 27.9. The lowest BCUT2D eigenvalue weighted by molar-refractivity contribution is 1.18. The predicted octanol–water partition coefficient (Wildman–Crippen LogP) is 13.5. The van der Waals surface area contributed by atoms with Crippen LogP contribution in [0, 0.1) is 0 Å². The molecule has 1 aliphatic rings. The van der Waals surface area contributed by atoms with Crippen LogP contribution in [0.5, 0.6) is 0 Å². The molecular formula is C50H30N2. The molecule has 2 nitrogen and oxygen atoms in total. The Morgan fingerprint density at radius 1 is 0.288 bits per heavy atom. The second-order valence-electron chi connectivity index (χ2n) is 14.1. The van der Waals surface area contributed by atoms with Gasteiger partial charge in [-0.25, -0.2) is 0 Å². The molecule has 0 saturated heterocycles. The van der Waals surface area contributed by atoms with Crippen molar-refractivity contribution in [2.24, 2.45) is 0 Å². The second-order valence-corrected chi connectivity index (χ2v) is 14.1. The first-order valence-electron chi connectivity index (χ1n) is 18.0. The molecule has 0 atom stereocenters. The molecule has 11 aromatic rings. The smallest absolute Gasteiger partial charge is 0.0641 e. The highest BCUT2D eigenvalue weighted by molar-refractivity contribution is 6.31. The van der Waals surface area contributed by atoms with Gasteiger partial charge in [0.05, 0.1) is 22.1 Å². The zero-order chi connectivity index (χ0) is 33.9. The maximum absolute atomic E-state index is 2.50. The van der Waals surface area contributed by atoms with Crippen molar-refractivity contribution in [3.8, 4) is 44.8 Å². The van der Waals surface area contributed by atoms with Crippen molar-refractivity contribution in [1.82, 2.24) is 9.13 Å². The van der Waals surface area contributed by atoms with Gasteiger partial charge >= 0.3 is 0 Å². The number of aromatic nitrogens is 2. The Kier molecular flexibility index (Phi) is 5.53. The molecule has 0 aliphatic heterocycles. The topological polar surface area (TPSA) is 9.86 Å². The summed E-state index contributed by atoms with van der Waals surface area (Å²) in [4.78, 5) is 0. The quantitative estimate of drug-likeness (QED) is 0.179. The molecule has 52 heavy (non-hydrogen) atoms. The highest BCUT2D eigenvalue weighted by atomic mass is 15.0. The summed E-state index contributed by atoms with van der Waals surface area (Å²) in [5, 5.41) is 10.2. The molecule has 12 rings (SSSR count). The van der Waals surface area contributed by atoms with E-state index in [1.54, 1.807) is 0 Å². The van der Waals surface area contributed by atoms with Crippen LogP contribution in [-0.4, -0.2) is 9.13 Å². The Morgan fingerprint density at radius 3 is 1.85 bits per heavy atom. The van der Waals surface area contributed by atoms with Crippen LogP contribution in [0.3, 0.4) is 0 Å². The van der Waals surface area contributed by atoms with E-state index in [9.17, 15) is 0 Å². The Bertz CT molecular complexity index is 3280. The van der Waals surface area contributed by atoms with Gasteiger partial charge < -0.3 is 9.13 Å². The lowest BCUT2D eigenvalue weighted by Gasteiger charge is -2.12. The van der Waals surface area contributed by atoms with E-state index in [4.69, 9.17) is 0 Å². The van der Waals surface area contributed by atoms with Crippen LogP contribution < -0.4 is 0 Å². The largest absolute Gasteiger partial charge is 0.309 e. The van der Waals surface area contributed by atoms with Gasteiger partial charge in [0, 0.05) is 32.9 Å². The van der Waals surface area contributed by atoms with E-state index in [0.717, 1.165) is 5.69 Å². The van der Waals surface area contributed by atoms with E-state index in [-0.39, 0.29) is 0 Å². The van der Waals surface area contributed by atoms with Crippen molar-refractivity contribution < 1.29 is 0 Å². The maximum Gasteiger partial charge on any atom is 0.0641 e. The van der Waals surface area contributed by atoms with Crippen molar-refractivity contribution in [1.29, 1.82) is 0 Å². The van der Waals surface area contributed by atoms with Crippen LogP contribution in [0.1, 0.15) is 0 Å². The first-order chi connectivity index (χ1) is 25.8. The Labute approximate surface area is 300 Å². The molecule has 240 valence electrons. The number of benzene rings is 9. The fourth-order valence-corrected chi connectivity index (χ4v) is 9.24. The maximum atomic E-state index is 2.50. The van der Waals surface area contributed by atoms with Gasteiger partial charge in [0.15, 0.2) is 0 Å². The third-order valence-electron chi connectivity index (χ3n) is 11.4. The normalized spacial score (nSPS) is 12.2. The van der Waals surface area contributed by atoms with E-state index in [1.165, 1.54) is 104 Å². The second kappa shape index (κ2) is 10.3. The average molecular weight is 659 g/mol. The monoisotopic (exact) mass is 658 g/mol. The van der Waals surface area contributed by atoms with Crippen LogP contribution in [0.4, 0.5) is 0 Å². The summed E-state index contributed by atoms with van der Waals surface area (Å²) in [6, 6.07) is 67.2. The summed E-state index contributed by atoms with van der Waals surface area (Å²) in [6.45, 7) is 0.